The van der Waals surface area contributed by atoms with Crippen molar-refractivity contribution in [3.63, 3.8) is 0 Å². The highest BCUT2D eigenvalue weighted by atomic mass is 32.2. The Bertz CT molecular complexity index is 454. The Balaban J connectivity index is 2.48. The van der Waals surface area contributed by atoms with Crippen LogP contribution in [0.4, 0.5) is 0 Å². The number of aliphatic carboxylic acids is 1. The maximum absolute atomic E-state index is 11.9. The molecule has 0 radical (unpaired) electrons. The molecule has 116 valence electrons. The van der Waals surface area contributed by atoms with Crippen molar-refractivity contribution in [2.75, 3.05) is 19.3 Å². The van der Waals surface area contributed by atoms with E-state index in [1.165, 1.54) is 7.05 Å². The smallest absolute Gasteiger partial charge is 0.323 e. The molecule has 0 unspecified atom stereocenters. The van der Waals surface area contributed by atoms with E-state index in [0.29, 0.717) is 5.92 Å². The molecule has 0 spiro atoms. The first kappa shape index (κ1) is 16.9. The lowest BCUT2D eigenvalue weighted by Crippen LogP contribution is -2.43. The topological polar surface area (TPSA) is 104 Å². The predicted molar refractivity (Wildman–Crippen MR) is 73.6 cm³/mol. The molecule has 0 heterocycles. The fourth-order valence-electron chi connectivity index (χ4n) is 2.24. The number of carboxylic acid groups (broad SMARTS) is 1. The van der Waals surface area contributed by atoms with Gasteiger partial charge in [-0.3, -0.25) is 9.59 Å². The second kappa shape index (κ2) is 7.03. The molecule has 0 atom stereocenters. The molecule has 1 aliphatic carbocycles. The van der Waals surface area contributed by atoms with E-state index in [9.17, 15) is 18.0 Å². The fraction of sp³-hybridized carbons (Fsp3) is 0.833. The highest BCUT2D eigenvalue weighted by Gasteiger charge is 2.26. The summed E-state index contributed by atoms with van der Waals surface area (Å²) >= 11 is 0. The number of likely N-dealkylation sites (N-methyl/N-ethyl adjacent to an activating group) is 1. The third-order valence-corrected chi connectivity index (χ3v) is 4.79. The van der Waals surface area contributed by atoms with E-state index in [2.05, 4.69) is 11.6 Å². The first-order valence-electron chi connectivity index (χ1n) is 6.65. The van der Waals surface area contributed by atoms with Gasteiger partial charge in [0.15, 0.2) is 0 Å². The van der Waals surface area contributed by atoms with E-state index < -0.39 is 34.2 Å². The largest absolute Gasteiger partial charge is 0.480 e. The minimum absolute atomic E-state index is 0.117. The number of hydrogen-bond donors (Lipinski definition) is 2. The van der Waals surface area contributed by atoms with Crippen LogP contribution in [-0.2, 0) is 19.6 Å². The molecule has 1 fully saturated rings. The summed E-state index contributed by atoms with van der Waals surface area (Å²) in [5.74, 6) is -1.99. The molecule has 0 bridgehead atoms. The fourth-order valence-corrected chi connectivity index (χ4v) is 3.61. The van der Waals surface area contributed by atoms with E-state index in [1.807, 2.05) is 0 Å². The van der Waals surface area contributed by atoms with Gasteiger partial charge < -0.3 is 10.0 Å². The van der Waals surface area contributed by atoms with Gasteiger partial charge in [-0.25, -0.2) is 13.1 Å². The van der Waals surface area contributed by atoms with E-state index in [4.69, 9.17) is 5.11 Å². The Morgan fingerprint density at radius 2 is 1.80 bits per heavy atom. The Morgan fingerprint density at radius 1 is 1.25 bits per heavy atom. The molecule has 0 aromatic carbocycles. The average molecular weight is 306 g/mol. The zero-order valence-electron chi connectivity index (χ0n) is 11.8. The van der Waals surface area contributed by atoms with Crippen molar-refractivity contribution in [3.8, 4) is 0 Å². The SMILES string of the molecule is CC1CCC(NS(=O)(=O)CC(=O)N(C)CC(=O)O)CC1. The second-order valence-electron chi connectivity index (χ2n) is 5.48. The number of rotatable bonds is 6. The van der Waals surface area contributed by atoms with Crippen molar-refractivity contribution in [1.82, 2.24) is 9.62 Å². The van der Waals surface area contributed by atoms with Crippen molar-refractivity contribution in [3.05, 3.63) is 0 Å². The van der Waals surface area contributed by atoms with Crippen LogP contribution < -0.4 is 4.72 Å². The summed E-state index contributed by atoms with van der Waals surface area (Å²) in [5.41, 5.74) is 0. The maximum atomic E-state index is 11.9. The van der Waals surface area contributed by atoms with Crippen molar-refractivity contribution in [1.29, 1.82) is 0 Å². The van der Waals surface area contributed by atoms with Crippen LogP contribution in [0.5, 0.6) is 0 Å². The summed E-state index contributed by atoms with van der Waals surface area (Å²) < 4.78 is 26.3. The number of carbonyl (C=O) groups is 2. The molecular weight excluding hydrogens is 284 g/mol. The lowest BCUT2D eigenvalue weighted by Gasteiger charge is -2.26. The van der Waals surface area contributed by atoms with Crippen molar-refractivity contribution < 1.29 is 23.1 Å². The number of hydrogen-bond acceptors (Lipinski definition) is 4. The van der Waals surface area contributed by atoms with Crippen LogP contribution in [0, 0.1) is 5.92 Å². The molecule has 0 aromatic rings. The minimum Gasteiger partial charge on any atom is -0.480 e. The summed E-state index contributed by atoms with van der Waals surface area (Å²) in [7, 11) is -2.44. The first-order chi connectivity index (χ1) is 9.19. The predicted octanol–water partition coefficient (Wildman–Crippen LogP) is 0.0275. The monoisotopic (exact) mass is 306 g/mol. The Hall–Kier alpha value is -1.15. The third kappa shape index (κ3) is 5.87. The number of nitrogens with zero attached hydrogens (tertiary/aromatic N) is 1. The van der Waals surface area contributed by atoms with Gasteiger partial charge in [-0.2, -0.15) is 0 Å². The van der Waals surface area contributed by atoms with Gasteiger partial charge in [0, 0.05) is 13.1 Å². The van der Waals surface area contributed by atoms with Crippen LogP contribution >= 0.6 is 0 Å². The Kier molecular flexibility index (Phi) is 5.94. The quantitative estimate of drug-likeness (QED) is 0.720. The number of sulfonamides is 1. The standard InChI is InChI=1S/C12H22N2O5S/c1-9-3-5-10(6-4-9)13-20(18,19)8-11(15)14(2)7-12(16)17/h9-10,13H,3-8H2,1-2H3,(H,16,17). The molecule has 1 aliphatic rings. The minimum atomic E-state index is -3.71. The van der Waals surface area contributed by atoms with E-state index in [-0.39, 0.29) is 6.04 Å². The Morgan fingerprint density at radius 3 is 2.30 bits per heavy atom. The third-order valence-electron chi connectivity index (χ3n) is 3.47. The van der Waals surface area contributed by atoms with Crippen LogP contribution in [0.3, 0.4) is 0 Å². The van der Waals surface area contributed by atoms with Gasteiger partial charge in [-0.05, 0) is 31.6 Å². The van der Waals surface area contributed by atoms with E-state index in [1.54, 1.807) is 0 Å². The zero-order chi connectivity index (χ0) is 15.3. The van der Waals surface area contributed by atoms with Gasteiger partial charge in [0.1, 0.15) is 12.3 Å². The van der Waals surface area contributed by atoms with E-state index >= 15 is 0 Å². The van der Waals surface area contributed by atoms with Gasteiger partial charge in [-0.15, -0.1) is 0 Å². The van der Waals surface area contributed by atoms with Crippen LogP contribution in [0.1, 0.15) is 32.6 Å². The van der Waals surface area contributed by atoms with Gasteiger partial charge in [-0.1, -0.05) is 6.92 Å². The van der Waals surface area contributed by atoms with Crippen LogP contribution in [-0.4, -0.2) is 55.7 Å². The molecule has 1 saturated carbocycles. The van der Waals surface area contributed by atoms with Gasteiger partial charge in [0.25, 0.3) is 0 Å². The maximum Gasteiger partial charge on any atom is 0.323 e. The highest BCUT2D eigenvalue weighted by molar-refractivity contribution is 7.90. The van der Waals surface area contributed by atoms with Crippen LogP contribution in [0.25, 0.3) is 0 Å². The first-order valence-corrected chi connectivity index (χ1v) is 8.30. The van der Waals surface area contributed by atoms with Crippen molar-refractivity contribution in [2.24, 2.45) is 5.92 Å². The molecule has 8 heteroatoms. The average Bonchev–Trinajstić information content (AvgIpc) is 2.30. The molecule has 1 rings (SSSR count). The summed E-state index contributed by atoms with van der Waals surface area (Å²) in [5, 5.41) is 8.56. The molecule has 1 amide bonds. The second-order valence-corrected chi connectivity index (χ2v) is 7.23. The summed E-state index contributed by atoms with van der Waals surface area (Å²) in [4.78, 5) is 23.0. The van der Waals surface area contributed by atoms with Crippen molar-refractivity contribution in [2.45, 2.75) is 38.6 Å². The molecule has 2 N–H and O–H groups in total. The molecule has 7 nitrogen and oxygen atoms in total. The Labute approximate surface area is 119 Å². The summed E-state index contributed by atoms with van der Waals surface area (Å²) in [6.07, 6.45) is 3.50. The molecule has 0 aromatic heterocycles. The van der Waals surface area contributed by atoms with Gasteiger partial charge >= 0.3 is 5.97 Å². The summed E-state index contributed by atoms with van der Waals surface area (Å²) in [6, 6.07) is -0.117. The lowest BCUT2D eigenvalue weighted by molar-refractivity contribution is -0.142. The number of amides is 1. The van der Waals surface area contributed by atoms with Crippen molar-refractivity contribution >= 4 is 21.9 Å². The van der Waals surface area contributed by atoms with Crippen LogP contribution in [0.2, 0.25) is 0 Å². The molecule has 0 aliphatic heterocycles. The van der Waals surface area contributed by atoms with Crippen LogP contribution in [0.15, 0.2) is 0 Å². The van der Waals surface area contributed by atoms with Gasteiger partial charge in [0.05, 0.1) is 0 Å². The number of carbonyl (C=O) groups excluding carboxylic acids is 1. The number of nitrogens with one attached hydrogen (secondary N) is 1. The molecular formula is C12H22N2O5S. The molecule has 20 heavy (non-hydrogen) atoms. The zero-order valence-corrected chi connectivity index (χ0v) is 12.6. The van der Waals surface area contributed by atoms with E-state index in [0.717, 1.165) is 30.6 Å². The highest BCUT2D eigenvalue weighted by Crippen LogP contribution is 2.23. The number of carboxylic acids is 1. The lowest BCUT2D eigenvalue weighted by atomic mass is 9.88. The normalized spacial score (nSPS) is 23.3. The summed E-state index contributed by atoms with van der Waals surface area (Å²) in [6.45, 7) is 1.63. The molecule has 0 saturated heterocycles. The van der Waals surface area contributed by atoms with Gasteiger partial charge in [0.2, 0.25) is 15.9 Å².